The molecule has 4 heterocycles. The number of pyridine rings is 1. The van der Waals surface area contributed by atoms with Gasteiger partial charge in [-0.15, -0.1) is 0 Å². The summed E-state index contributed by atoms with van der Waals surface area (Å²) in [6.07, 6.45) is 4.70. The zero-order chi connectivity index (χ0) is 23.7. The SMILES string of the molecule is Cc1ncc(-c2ccc3nc(N)c(C4=CCNCC4)n3n2)cc1Nc1cccc(OC(F)F)c1. The number of ether oxygens (including phenoxy) is 1. The summed E-state index contributed by atoms with van der Waals surface area (Å²) in [6, 6.07) is 12.1. The number of imidazole rings is 1. The minimum Gasteiger partial charge on any atom is -0.435 e. The van der Waals surface area contributed by atoms with Crippen LogP contribution in [0.5, 0.6) is 5.75 Å². The topological polar surface area (TPSA) is 102 Å². The smallest absolute Gasteiger partial charge is 0.387 e. The van der Waals surface area contributed by atoms with Crippen LogP contribution in [0.3, 0.4) is 0 Å². The fourth-order valence-corrected chi connectivity index (χ4v) is 3.95. The largest absolute Gasteiger partial charge is 0.435 e. The van der Waals surface area contributed by atoms with E-state index in [1.54, 1.807) is 22.8 Å². The number of nitrogens with two attached hydrogens (primary N) is 1. The highest BCUT2D eigenvalue weighted by Gasteiger charge is 2.18. The van der Waals surface area contributed by atoms with Crippen LogP contribution in [0.25, 0.3) is 22.5 Å². The Balaban J connectivity index is 1.49. The van der Waals surface area contributed by atoms with Crippen molar-refractivity contribution in [2.45, 2.75) is 20.0 Å². The van der Waals surface area contributed by atoms with Crippen molar-refractivity contribution in [3.8, 4) is 17.0 Å². The molecule has 4 N–H and O–H groups in total. The number of halogens is 2. The second-order valence-electron chi connectivity index (χ2n) is 7.91. The zero-order valence-electron chi connectivity index (χ0n) is 18.4. The van der Waals surface area contributed by atoms with E-state index in [0.29, 0.717) is 22.8 Å². The van der Waals surface area contributed by atoms with Crippen LogP contribution in [-0.2, 0) is 0 Å². The lowest BCUT2D eigenvalue weighted by molar-refractivity contribution is -0.0498. The molecule has 1 aliphatic heterocycles. The van der Waals surface area contributed by atoms with Gasteiger partial charge in [-0.1, -0.05) is 12.1 Å². The molecule has 0 saturated carbocycles. The number of aromatic nitrogens is 4. The predicted octanol–water partition coefficient (Wildman–Crippen LogP) is 4.40. The maximum Gasteiger partial charge on any atom is 0.387 e. The van der Waals surface area contributed by atoms with E-state index in [-0.39, 0.29) is 5.75 Å². The molecule has 0 fully saturated rings. The molecular formula is C24H23F2N7O. The number of anilines is 3. The van der Waals surface area contributed by atoms with Crippen LogP contribution >= 0.6 is 0 Å². The van der Waals surface area contributed by atoms with Gasteiger partial charge in [0.15, 0.2) is 11.5 Å². The van der Waals surface area contributed by atoms with Gasteiger partial charge in [-0.25, -0.2) is 9.50 Å². The first kappa shape index (κ1) is 21.8. The van der Waals surface area contributed by atoms with E-state index in [4.69, 9.17) is 10.8 Å². The van der Waals surface area contributed by atoms with Gasteiger partial charge < -0.3 is 21.1 Å². The molecule has 1 aliphatic rings. The number of hydrogen-bond donors (Lipinski definition) is 3. The van der Waals surface area contributed by atoms with Crippen LogP contribution < -0.4 is 21.1 Å². The summed E-state index contributed by atoms with van der Waals surface area (Å²) in [6.45, 7) is 0.632. The maximum atomic E-state index is 12.6. The van der Waals surface area contributed by atoms with Gasteiger partial charge >= 0.3 is 6.61 Å². The molecular weight excluding hydrogens is 440 g/mol. The van der Waals surface area contributed by atoms with Gasteiger partial charge in [-0.05, 0) is 55.8 Å². The molecule has 0 saturated heterocycles. The molecule has 4 aromatic rings. The molecule has 0 amide bonds. The van der Waals surface area contributed by atoms with Crippen LogP contribution in [0.15, 0.2) is 54.7 Å². The van der Waals surface area contributed by atoms with E-state index < -0.39 is 6.61 Å². The van der Waals surface area contributed by atoms with E-state index in [1.807, 2.05) is 25.1 Å². The first-order valence-corrected chi connectivity index (χ1v) is 10.8. The molecule has 0 bridgehead atoms. The standard InChI is InChI=1S/C24H23F2N7O/c1-14-20(30-17-3-2-4-18(12-17)34-24(25)26)11-16(13-29-14)19-5-6-21-31-23(27)22(33(21)32-19)15-7-9-28-10-8-15/h2-7,11-13,24,28,30H,8-10,27H2,1H3. The highest BCUT2D eigenvalue weighted by molar-refractivity contribution is 5.76. The molecule has 0 unspecified atom stereocenters. The first-order valence-electron chi connectivity index (χ1n) is 10.8. The van der Waals surface area contributed by atoms with Gasteiger partial charge in [0.2, 0.25) is 0 Å². The lowest BCUT2D eigenvalue weighted by Crippen LogP contribution is -2.21. The van der Waals surface area contributed by atoms with Gasteiger partial charge in [0.1, 0.15) is 11.4 Å². The minimum atomic E-state index is -2.88. The molecule has 0 radical (unpaired) electrons. The van der Waals surface area contributed by atoms with Crippen molar-refractivity contribution in [2.75, 3.05) is 24.1 Å². The molecule has 3 aromatic heterocycles. The zero-order valence-corrected chi connectivity index (χ0v) is 18.4. The number of hydrogen-bond acceptors (Lipinski definition) is 7. The summed E-state index contributed by atoms with van der Waals surface area (Å²) in [5.74, 6) is 0.527. The Morgan fingerprint density at radius 1 is 1.21 bits per heavy atom. The molecule has 0 aliphatic carbocycles. The van der Waals surface area contributed by atoms with Crippen LogP contribution in [0.1, 0.15) is 17.8 Å². The van der Waals surface area contributed by atoms with E-state index in [1.165, 1.54) is 12.1 Å². The number of nitrogens with zero attached hydrogens (tertiary/aromatic N) is 4. The van der Waals surface area contributed by atoms with Gasteiger partial charge in [0.05, 0.1) is 17.1 Å². The predicted molar refractivity (Wildman–Crippen MR) is 127 cm³/mol. The number of fused-ring (bicyclic) bond motifs is 1. The Morgan fingerprint density at radius 3 is 2.88 bits per heavy atom. The highest BCUT2D eigenvalue weighted by Crippen LogP contribution is 2.30. The molecule has 8 nitrogen and oxygen atoms in total. The normalized spacial score (nSPS) is 13.8. The lowest BCUT2D eigenvalue weighted by atomic mass is 10.1. The Hall–Kier alpha value is -4.05. The third-order valence-electron chi connectivity index (χ3n) is 5.59. The molecule has 1 aromatic carbocycles. The van der Waals surface area contributed by atoms with Crippen LogP contribution in [0, 0.1) is 6.92 Å². The van der Waals surface area contributed by atoms with Crippen molar-refractivity contribution in [2.24, 2.45) is 0 Å². The lowest BCUT2D eigenvalue weighted by Gasteiger charge is -2.14. The van der Waals surface area contributed by atoms with Crippen molar-refractivity contribution in [1.29, 1.82) is 0 Å². The van der Waals surface area contributed by atoms with E-state index in [2.05, 4.69) is 31.4 Å². The van der Waals surface area contributed by atoms with E-state index in [9.17, 15) is 8.78 Å². The Morgan fingerprint density at radius 2 is 2.09 bits per heavy atom. The molecule has 10 heteroatoms. The summed E-state index contributed by atoms with van der Waals surface area (Å²) in [5.41, 5.74) is 12.4. The van der Waals surface area contributed by atoms with Gasteiger partial charge in [-0.3, -0.25) is 4.98 Å². The van der Waals surface area contributed by atoms with Crippen LogP contribution in [0.4, 0.5) is 26.0 Å². The number of rotatable bonds is 6. The second kappa shape index (κ2) is 9.06. The van der Waals surface area contributed by atoms with Gasteiger partial charge in [0.25, 0.3) is 0 Å². The van der Waals surface area contributed by atoms with Crippen molar-refractivity contribution in [3.63, 3.8) is 0 Å². The number of benzene rings is 1. The average molecular weight is 463 g/mol. The Labute approximate surface area is 194 Å². The number of alkyl halides is 2. The van der Waals surface area contributed by atoms with Crippen molar-refractivity contribution in [1.82, 2.24) is 24.9 Å². The van der Waals surface area contributed by atoms with E-state index in [0.717, 1.165) is 47.7 Å². The third kappa shape index (κ3) is 4.40. The molecule has 5 rings (SSSR count). The summed E-state index contributed by atoms with van der Waals surface area (Å²) >= 11 is 0. The summed E-state index contributed by atoms with van der Waals surface area (Å²) in [7, 11) is 0. The van der Waals surface area contributed by atoms with Gasteiger partial charge in [0, 0.05) is 30.1 Å². The van der Waals surface area contributed by atoms with Crippen molar-refractivity contribution in [3.05, 3.63) is 66.1 Å². The van der Waals surface area contributed by atoms with E-state index >= 15 is 0 Å². The maximum absolute atomic E-state index is 12.6. The molecule has 0 atom stereocenters. The minimum absolute atomic E-state index is 0.0753. The Kier molecular flexibility index (Phi) is 5.81. The van der Waals surface area contributed by atoms with Crippen LogP contribution in [0.2, 0.25) is 0 Å². The van der Waals surface area contributed by atoms with Crippen molar-refractivity contribution < 1.29 is 13.5 Å². The fraction of sp³-hybridized carbons (Fsp3) is 0.208. The second-order valence-corrected chi connectivity index (χ2v) is 7.91. The monoisotopic (exact) mass is 463 g/mol. The fourth-order valence-electron chi connectivity index (χ4n) is 3.95. The molecule has 0 spiro atoms. The highest BCUT2D eigenvalue weighted by atomic mass is 19.3. The summed E-state index contributed by atoms with van der Waals surface area (Å²) in [4.78, 5) is 8.96. The molecule has 174 valence electrons. The average Bonchev–Trinajstić information content (AvgIpc) is 3.16. The first-order chi connectivity index (χ1) is 16.5. The van der Waals surface area contributed by atoms with Crippen molar-refractivity contribution >= 4 is 28.4 Å². The molecule has 34 heavy (non-hydrogen) atoms. The number of nitrogen functional groups attached to an aromatic ring is 1. The Bertz CT molecular complexity index is 1380. The number of aryl methyl sites for hydroxylation is 1. The quantitative estimate of drug-likeness (QED) is 0.389. The number of nitrogens with one attached hydrogen (secondary N) is 2. The summed E-state index contributed by atoms with van der Waals surface area (Å²) < 4.78 is 31.4. The van der Waals surface area contributed by atoms with Gasteiger partial charge in [-0.2, -0.15) is 13.9 Å². The van der Waals surface area contributed by atoms with Crippen LogP contribution in [-0.4, -0.2) is 39.3 Å². The summed E-state index contributed by atoms with van der Waals surface area (Å²) in [5, 5.41) is 11.3. The third-order valence-corrected chi connectivity index (χ3v) is 5.59.